The maximum Gasteiger partial charge on any atom is 0.253 e. The number of halogens is 1. The highest BCUT2D eigenvalue weighted by Crippen LogP contribution is 2.25. The third-order valence-corrected chi connectivity index (χ3v) is 7.17. The predicted molar refractivity (Wildman–Crippen MR) is 123 cm³/mol. The number of hydrogen-bond acceptors (Lipinski definition) is 6. The van der Waals surface area contributed by atoms with Crippen LogP contribution in [0.4, 0.5) is 0 Å². The van der Waals surface area contributed by atoms with Crippen LogP contribution < -0.4 is 0 Å². The van der Waals surface area contributed by atoms with Gasteiger partial charge in [-0.15, -0.1) is 22.7 Å². The third-order valence-electron chi connectivity index (χ3n) is 5.29. The van der Waals surface area contributed by atoms with Crippen LogP contribution in [0.15, 0.2) is 53.4 Å². The Balaban J connectivity index is 1.19. The molecule has 0 N–H and O–H groups in total. The number of carbonyl (C=O) groups excluding carboxylic acids is 1. The fourth-order valence-electron chi connectivity index (χ4n) is 3.61. The first-order valence-electron chi connectivity index (χ1n) is 9.71. The summed E-state index contributed by atoms with van der Waals surface area (Å²) in [6.45, 7) is 3.98. The highest BCUT2D eigenvalue weighted by Gasteiger charge is 2.23. The Hall–Kier alpha value is -2.32. The average molecular weight is 455 g/mol. The number of nitrogens with zero attached hydrogens (tertiary/aromatic N) is 4. The van der Waals surface area contributed by atoms with E-state index in [1.165, 1.54) is 0 Å². The molecule has 30 heavy (non-hydrogen) atoms. The molecule has 0 bridgehead atoms. The minimum absolute atomic E-state index is 0.101. The number of rotatable bonds is 4. The molecule has 2 aromatic carbocycles. The van der Waals surface area contributed by atoms with Crippen LogP contribution in [0.2, 0.25) is 5.02 Å². The van der Waals surface area contributed by atoms with Gasteiger partial charge in [0.25, 0.3) is 5.91 Å². The van der Waals surface area contributed by atoms with Crippen LogP contribution in [0.1, 0.15) is 15.4 Å². The van der Waals surface area contributed by atoms with E-state index >= 15 is 0 Å². The van der Waals surface area contributed by atoms with E-state index in [0.717, 1.165) is 69.8 Å². The predicted octanol–water partition coefficient (Wildman–Crippen LogP) is 5.03. The number of piperazine rings is 1. The molecule has 5 nitrogen and oxygen atoms in total. The topological polar surface area (TPSA) is 49.3 Å². The number of fused-ring (bicyclic) bond motifs is 1. The van der Waals surface area contributed by atoms with Crippen molar-refractivity contribution in [3.63, 3.8) is 0 Å². The summed E-state index contributed by atoms with van der Waals surface area (Å²) < 4.78 is 1.06. The molecular formula is C22H19ClN4OS2. The average Bonchev–Trinajstić information content (AvgIpc) is 3.43. The van der Waals surface area contributed by atoms with Crippen LogP contribution >= 0.6 is 34.3 Å². The van der Waals surface area contributed by atoms with E-state index in [9.17, 15) is 4.79 Å². The second kappa shape index (κ2) is 8.43. The normalized spacial score (nSPS) is 15.0. The molecule has 0 atom stereocenters. The van der Waals surface area contributed by atoms with Crippen molar-refractivity contribution < 1.29 is 4.79 Å². The Morgan fingerprint density at radius 1 is 1.03 bits per heavy atom. The number of carbonyl (C=O) groups is 1. The van der Waals surface area contributed by atoms with Gasteiger partial charge in [0.1, 0.15) is 5.01 Å². The smallest absolute Gasteiger partial charge is 0.253 e. The van der Waals surface area contributed by atoms with E-state index in [1.807, 2.05) is 52.9 Å². The highest BCUT2D eigenvalue weighted by molar-refractivity contribution is 7.16. The lowest BCUT2D eigenvalue weighted by Gasteiger charge is -2.34. The lowest BCUT2D eigenvalue weighted by Crippen LogP contribution is -2.48. The van der Waals surface area contributed by atoms with Gasteiger partial charge in [0.05, 0.1) is 28.0 Å². The molecule has 1 amide bonds. The number of hydrogen-bond donors (Lipinski definition) is 0. The van der Waals surface area contributed by atoms with Crippen molar-refractivity contribution in [2.75, 3.05) is 26.2 Å². The minimum atomic E-state index is 0.101. The van der Waals surface area contributed by atoms with Crippen molar-refractivity contribution in [3.8, 4) is 11.3 Å². The molecule has 8 heteroatoms. The lowest BCUT2D eigenvalue weighted by atomic mass is 10.1. The molecule has 3 heterocycles. The first-order valence-corrected chi connectivity index (χ1v) is 11.8. The SMILES string of the molecule is O=C(c1ccc2ncsc2c1)N1CCN(Cc2nc(-c3ccc(Cl)cc3)cs2)CC1. The van der Waals surface area contributed by atoms with Crippen molar-refractivity contribution in [1.29, 1.82) is 0 Å². The summed E-state index contributed by atoms with van der Waals surface area (Å²) in [6, 6.07) is 13.5. The third kappa shape index (κ3) is 4.11. The van der Waals surface area contributed by atoms with Crippen molar-refractivity contribution in [3.05, 3.63) is 68.9 Å². The van der Waals surface area contributed by atoms with E-state index in [0.29, 0.717) is 0 Å². The molecule has 4 aromatic rings. The molecule has 1 aliphatic rings. The van der Waals surface area contributed by atoms with E-state index < -0.39 is 0 Å². The summed E-state index contributed by atoms with van der Waals surface area (Å²) in [7, 11) is 0. The largest absolute Gasteiger partial charge is 0.336 e. The van der Waals surface area contributed by atoms with E-state index in [2.05, 4.69) is 15.3 Å². The first-order chi connectivity index (χ1) is 14.7. The summed E-state index contributed by atoms with van der Waals surface area (Å²) in [5.74, 6) is 0.101. The van der Waals surface area contributed by atoms with E-state index in [4.69, 9.17) is 16.6 Å². The fourth-order valence-corrected chi connectivity index (χ4v) is 5.29. The Labute approximate surface area is 187 Å². The van der Waals surface area contributed by atoms with Gasteiger partial charge in [-0.05, 0) is 30.3 Å². The van der Waals surface area contributed by atoms with Crippen LogP contribution in [-0.4, -0.2) is 51.9 Å². The van der Waals surface area contributed by atoms with Gasteiger partial charge in [0.2, 0.25) is 0 Å². The number of benzene rings is 2. The molecule has 0 saturated carbocycles. The zero-order valence-corrected chi connectivity index (χ0v) is 18.5. The van der Waals surface area contributed by atoms with Crippen LogP contribution in [0.3, 0.4) is 0 Å². The summed E-state index contributed by atoms with van der Waals surface area (Å²) >= 11 is 9.21. The Bertz CT molecular complexity index is 1180. The van der Waals surface area contributed by atoms with Crippen molar-refractivity contribution in [2.24, 2.45) is 0 Å². The van der Waals surface area contributed by atoms with E-state index in [-0.39, 0.29) is 5.91 Å². The van der Waals surface area contributed by atoms with Crippen LogP contribution in [0.25, 0.3) is 21.5 Å². The summed E-state index contributed by atoms with van der Waals surface area (Å²) in [4.78, 5) is 26.3. The van der Waals surface area contributed by atoms with Gasteiger partial charge in [-0.3, -0.25) is 9.69 Å². The molecule has 0 unspecified atom stereocenters. The van der Waals surface area contributed by atoms with Gasteiger partial charge >= 0.3 is 0 Å². The van der Waals surface area contributed by atoms with Crippen LogP contribution in [0.5, 0.6) is 0 Å². The molecule has 0 radical (unpaired) electrons. The Morgan fingerprint density at radius 3 is 2.63 bits per heavy atom. The zero-order chi connectivity index (χ0) is 20.5. The molecule has 0 spiro atoms. The summed E-state index contributed by atoms with van der Waals surface area (Å²) in [5.41, 5.74) is 5.57. The quantitative estimate of drug-likeness (QED) is 0.434. The minimum Gasteiger partial charge on any atom is -0.336 e. The number of amides is 1. The Morgan fingerprint density at radius 2 is 1.83 bits per heavy atom. The molecule has 5 rings (SSSR count). The maximum absolute atomic E-state index is 12.9. The molecular weight excluding hydrogens is 436 g/mol. The first kappa shape index (κ1) is 19.6. The second-order valence-electron chi connectivity index (χ2n) is 7.24. The summed E-state index contributed by atoms with van der Waals surface area (Å²) in [5, 5.41) is 3.91. The monoisotopic (exact) mass is 454 g/mol. The van der Waals surface area contributed by atoms with Gasteiger partial charge in [-0.2, -0.15) is 0 Å². The standard InChI is InChI=1S/C22H19ClN4OS2/c23-17-4-1-15(2-5-17)19-13-29-21(25-19)12-26-7-9-27(10-8-26)22(28)16-3-6-18-20(11-16)30-14-24-18/h1-6,11,13-14H,7-10,12H2. The van der Waals surface area contributed by atoms with Crippen LogP contribution in [0, 0.1) is 0 Å². The van der Waals surface area contributed by atoms with Gasteiger partial charge in [-0.1, -0.05) is 23.7 Å². The fraction of sp³-hybridized carbons (Fsp3) is 0.227. The van der Waals surface area contributed by atoms with Gasteiger partial charge in [0, 0.05) is 47.7 Å². The Kier molecular flexibility index (Phi) is 5.52. The summed E-state index contributed by atoms with van der Waals surface area (Å²) in [6.07, 6.45) is 0. The lowest BCUT2D eigenvalue weighted by molar-refractivity contribution is 0.0628. The van der Waals surface area contributed by atoms with Gasteiger partial charge < -0.3 is 4.90 Å². The van der Waals surface area contributed by atoms with Crippen molar-refractivity contribution >= 4 is 50.4 Å². The van der Waals surface area contributed by atoms with Gasteiger partial charge in [-0.25, -0.2) is 9.97 Å². The molecule has 2 aromatic heterocycles. The van der Waals surface area contributed by atoms with E-state index in [1.54, 1.807) is 22.7 Å². The van der Waals surface area contributed by atoms with Crippen molar-refractivity contribution in [1.82, 2.24) is 19.8 Å². The van der Waals surface area contributed by atoms with Crippen molar-refractivity contribution in [2.45, 2.75) is 6.54 Å². The second-order valence-corrected chi connectivity index (χ2v) is 9.50. The number of aromatic nitrogens is 2. The molecule has 1 saturated heterocycles. The maximum atomic E-state index is 12.9. The zero-order valence-electron chi connectivity index (χ0n) is 16.1. The van der Waals surface area contributed by atoms with Crippen LogP contribution in [-0.2, 0) is 6.54 Å². The highest BCUT2D eigenvalue weighted by atomic mass is 35.5. The number of thiazole rings is 2. The molecule has 1 fully saturated rings. The molecule has 152 valence electrons. The molecule has 1 aliphatic heterocycles. The van der Waals surface area contributed by atoms with Gasteiger partial charge in [0.15, 0.2) is 0 Å². The molecule has 0 aliphatic carbocycles.